The average molecular weight is 323 g/mol. The summed E-state index contributed by atoms with van der Waals surface area (Å²) < 4.78 is 2.63. The van der Waals surface area contributed by atoms with Crippen LogP contribution in [0.3, 0.4) is 0 Å². The minimum Gasteiger partial charge on any atom is -0.143 e. The number of rotatable bonds is 1. The first kappa shape index (κ1) is 9.74. The van der Waals surface area contributed by atoms with Gasteiger partial charge in [-0.15, -0.1) is 11.3 Å². The van der Waals surface area contributed by atoms with E-state index in [-0.39, 0.29) is 0 Å². The lowest BCUT2D eigenvalue weighted by atomic mass is 10.1. The summed E-state index contributed by atoms with van der Waals surface area (Å²) in [6.07, 6.45) is 1.00. The van der Waals surface area contributed by atoms with Crippen LogP contribution >= 0.6 is 45.5 Å². The van der Waals surface area contributed by atoms with Gasteiger partial charge in [-0.05, 0) is 46.7 Å². The van der Waals surface area contributed by atoms with Gasteiger partial charge in [0.1, 0.15) is 0 Å². The van der Waals surface area contributed by atoms with Crippen LogP contribution < -0.4 is 0 Å². The molecule has 0 amide bonds. The highest BCUT2D eigenvalue weighted by molar-refractivity contribution is 14.1. The summed E-state index contributed by atoms with van der Waals surface area (Å²) in [6.45, 7) is 2.13. The molecule has 0 saturated heterocycles. The van der Waals surface area contributed by atoms with Crippen LogP contribution in [0, 0.1) is 3.57 Å². The molecule has 1 heterocycles. The van der Waals surface area contributed by atoms with Gasteiger partial charge in [-0.25, -0.2) is 0 Å². The Morgan fingerprint density at radius 1 is 1.46 bits per heavy atom. The zero-order valence-corrected chi connectivity index (χ0v) is 10.8. The standard InChI is InChI=1S/C10H8ClIS/c1-2-6-3-10-7(4-8(6)11)9(12)5-13-10/h3-5H,2H2,1H3. The van der Waals surface area contributed by atoms with Crippen molar-refractivity contribution in [2.75, 3.05) is 0 Å². The van der Waals surface area contributed by atoms with Gasteiger partial charge in [0.2, 0.25) is 0 Å². The normalized spacial score (nSPS) is 11.0. The van der Waals surface area contributed by atoms with E-state index in [2.05, 4.69) is 47.0 Å². The first-order valence-electron chi connectivity index (χ1n) is 4.07. The minimum atomic E-state index is 0.895. The molecule has 0 fully saturated rings. The summed E-state index contributed by atoms with van der Waals surface area (Å²) >= 11 is 10.3. The smallest absolute Gasteiger partial charge is 0.0445 e. The van der Waals surface area contributed by atoms with Crippen LogP contribution in [0.4, 0.5) is 0 Å². The third kappa shape index (κ3) is 1.72. The van der Waals surface area contributed by atoms with E-state index in [1.807, 2.05) is 0 Å². The molecule has 2 aromatic rings. The number of aryl methyl sites for hydroxylation is 1. The Kier molecular flexibility index (Phi) is 2.81. The highest BCUT2D eigenvalue weighted by Gasteiger charge is 2.05. The predicted octanol–water partition coefficient (Wildman–Crippen LogP) is 4.72. The van der Waals surface area contributed by atoms with Crippen LogP contribution in [-0.2, 0) is 6.42 Å². The fraction of sp³-hybridized carbons (Fsp3) is 0.200. The van der Waals surface area contributed by atoms with E-state index in [0.717, 1.165) is 11.4 Å². The molecule has 0 aliphatic heterocycles. The van der Waals surface area contributed by atoms with Gasteiger partial charge in [-0.1, -0.05) is 18.5 Å². The molecule has 0 saturated carbocycles. The summed E-state index contributed by atoms with van der Waals surface area (Å²) in [4.78, 5) is 0. The van der Waals surface area contributed by atoms with Gasteiger partial charge in [0.25, 0.3) is 0 Å². The maximum absolute atomic E-state index is 6.13. The van der Waals surface area contributed by atoms with Crippen molar-refractivity contribution in [3.8, 4) is 0 Å². The first-order valence-corrected chi connectivity index (χ1v) is 6.41. The number of hydrogen-bond acceptors (Lipinski definition) is 1. The van der Waals surface area contributed by atoms with Gasteiger partial charge in [0.05, 0.1) is 0 Å². The number of fused-ring (bicyclic) bond motifs is 1. The molecule has 3 heteroatoms. The van der Waals surface area contributed by atoms with Crippen molar-refractivity contribution in [3.63, 3.8) is 0 Å². The highest BCUT2D eigenvalue weighted by atomic mass is 127. The molecule has 0 radical (unpaired) electrons. The second kappa shape index (κ2) is 3.75. The average Bonchev–Trinajstić information content (AvgIpc) is 2.47. The maximum atomic E-state index is 6.13. The molecular formula is C10H8ClIS. The van der Waals surface area contributed by atoms with E-state index in [9.17, 15) is 0 Å². The topological polar surface area (TPSA) is 0 Å². The lowest BCUT2D eigenvalue weighted by molar-refractivity contribution is 1.15. The lowest BCUT2D eigenvalue weighted by Gasteiger charge is -2.00. The summed E-state index contributed by atoms with van der Waals surface area (Å²) in [5, 5.41) is 4.35. The lowest BCUT2D eigenvalue weighted by Crippen LogP contribution is -1.81. The molecule has 1 aromatic carbocycles. The van der Waals surface area contributed by atoms with Crippen molar-refractivity contribution < 1.29 is 0 Å². The van der Waals surface area contributed by atoms with Crippen molar-refractivity contribution in [1.82, 2.24) is 0 Å². The van der Waals surface area contributed by atoms with Gasteiger partial charge in [-0.2, -0.15) is 0 Å². The molecule has 2 rings (SSSR count). The Labute approximate surface area is 100 Å². The van der Waals surface area contributed by atoms with Gasteiger partial charge >= 0.3 is 0 Å². The van der Waals surface area contributed by atoms with Crippen LogP contribution in [0.5, 0.6) is 0 Å². The molecule has 0 aliphatic carbocycles. The molecule has 0 aliphatic rings. The fourth-order valence-electron chi connectivity index (χ4n) is 1.33. The fourth-order valence-corrected chi connectivity index (χ4v) is 3.50. The third-order valence-corrected chi connectivity index (χ3v) is 4.69. The Hall–Kier alpha value is 0.200. The Morgan fingerprint density at radius 2 is 2.23 bits per heavy atom. The number of hydrogen-bond donors (Lipinski definition) is 0. The molecular weight excluding hydrogens is 315 g/mol. The summed E-state index contributed by atoms with van der Waals surface area (Å²) in [5.74, 6) is 0. The largest absolute Gasteiger partial charge is 0.143 e. The van der Waals surface area contributed by atoms with Crippen LogP contribution in [-0.4, -0.2) is 0 Å². The molecule has 1 aromatic heterocycles. The highest BCUT2D eigenvalue weighted by Crippen LogP contribution is 2.32. The summed E-state index contributed by atoms with van der Waals surface area (Å²) in [5.41, 5.74) is 1.24. The molecule has 13 heavy (non-hydrogen) atoms. The van der Waals surface area contributed by atoms with Gasteiger partial charge < -0.3 is 0 Å². The molecule has 0 unspecified atom stereocenters. The van der Waals surface area contributed by atoms with Crippen LogP contribution in [0.25, 0.3) is 10.1 Å². The van der Waals surface area contributed by atoms with Crippen LogP contribution in [0.1, 0.15) is 12.5 Å². The molecule has 0 spiro atoms. The SMILES string of the molecule is CCc1cc2scc(I)c2cc1Cl. The molecule has 68 valence electrons. The Balaban J connectivity index is 2.76. The third-order valence-electron chi connectivity index (χ3n) is 2.08. The van der Waals surface area contributed by atoms with E-state index in [1.165, 1.54) is 19.2 Å². The Morgan fingerprint density at radius 3 is 2.92 bits per heavy atom. The molecule has 0 nitrogen and oxygen atoms in total. The second-order valence-electron chi connectivity index (χ2n) is 2.88. The quantitative estimate of drug-likeness (QED) is 0.666. The van der Waals surface area contributed by atoms with Gasteiger partial charge in [0, 0.05) is 24.1 Å². The van der Waals surface area contributed by atoms with E-state index in [4.69, 9.17) is 11.6 Å². The predicted molar refractivity (Wildman–Crippen MR) is 68.9 cm³/mol. The van der Waals surface area contributed by atoms with Gasteiger partial charge in [-0.3, -0.25) is 0 Å². The Bertz CT molecular complexity index is 447. The number of thiophene rings is 1. The maximum Gasteiger partial charge on any atom is 0.0445 e. The summed E-state index contributed by atoms with van der Waals surface area (Å²) in [6, 6.07) is 4.28. The first-order chi connectivity index (χ1) is 6.22. The van der Waals surface area contributed by atoms with E-state index >= 15 is 0 Å². The van der Waals surface area contributed by atoms with Crippen molar-refractivity contribution >= 4 is 55.6 Å². The zero-order chi connectivity index (χ0) is 9.42. The zero-order valence-electron chi connectivity index (χ0n) is 7.10. The second-order valence-corrected chi connectivity index (χ2v) is 5.36. The number of halogens is 2. The minimum absolute atomic E-state index is 0.895. The van der Waals surface area contributed by atoms with Crippen molar-refractivity contribution in [2.45, 2.75) is 13.3 Å². The van der Waals surface area contributed by atoms with E-state index in [1.54, 1.807) is 11.3 Å². The van der Waals surface area contributed by atoms with Crippen LogP contribution in [0.15, 0.2) is 17.5 Å². The monoisotopic (exact) mass is 322 g/mol. The summed E-state index contributed by atoms with van der Waals surface area (Å²) in [7, 11) is 0. The molecule has 0 atom stereocenters. The van der Waals surface area contributed by atoms with E-state index < -0.39 is 0 Å². The molecule has 0 bridgehead atoms. The van der Waals surface area contributed by atoms with Crippen molar-refractivity contribution in [2.24, 2.45) is 0 Å². The van der Waals surface area contributed by atoms with Crippen molar-refractivity contribution in [3.05, 3.63) is 31.7 Å². The van der Waals surface area contributed by atoms with E-state index in [0.29, 0.717) is 0 Å². The van der Waals surface area contributed by atoms with Gasteiger partial charge in [0.15, 0.2) is 0 Å². The number of benzene rings is 1. The molecule has 0 N–H and O–H groups in total. The van der Waals surface area contributed by atoms with Crippen LogP contribution in [0.2, 0.25) is 5.02 Å². The van der Waals surface area contributed by atoms with Crippen molar-refractivity contribution in [1.29, 1.82) is 0 Å².